The van der Waals surface area contributed by atoms with Crippen molar-refractivity contribution < 1.29 is 4.74 Å². The molecule has 0 aliphatic carbocycles. The standard InChI is InChI=1S/C15H16ClNO/c1-2-17-11-12-10-13(16)8-9-15(12)18-14-6-4-3-5-7-14/h3-10,17H,2,11H2,1H3. The molecule has 0 aliphatic rings. The van der Waals surface area contributed by atoms with Crippen LogP contribution in [0, 0.1) is 0 Å². The van der Waals surface area contributed by atoms with Gasteiger partial charge in [-0.1, -0.05) is 36.7 Å². The van der Waals surface area contributed by atoms with E-state index in [-0.39, 0.29) is 0 Å². The number of halogens is 1. The molecule has 1 N–H and O–H groups in total. The third-order valence-corrected chi connectivity index (χ3v) is 2.79. The molecule has 0 aromatic heterocycles. The lowest BCUT2D eigenvalue weighted by molar-refractivity contribution is 0.473. The first kappa shape index (κ1) is 12.9. The highest BCUT2D eigenvalue weighted by Crippen LogP contribution is 2.27. The van der Waals surface area contributed by atoms with Crippen molar-refractivity contribution >= 4 is 11.6 Å². The highest BCUT2D eigenvalue weighted by atomic mass is 35.5. The van der Waals surface area contributed by atoms with E-state index in [0.29, 0.717) is 0 Å². The summed E-state index contributed by atoms with van der Waals surface area (Å²) in [5.41, 5.74) is 1.06. The van der Waals surface area contributed by atoms with Gasteiger partial charge in [-0.3, -0.25) is 0 Å². The second-order valence-electron chi connectivity index (χ2n) is 3.95. The SMILES string of the molecule is CCNCc1cc(Cl)ccc1Oc1ccccc1. The summed E-state index contributed by atoms with van der Waals surface area (Å²) in [5, 5.41) is 4.00. The number of para-hydroxylation sites is 1. The maximum atomic E-state index is 6.02. The number of benzene rings is 2. The molecule has 2 aromatic carbocycles. The van der Waals surface area contributed by atoms with E-state index in [9.17, 15) is 0 Å². The van der Waals surface area contributed by atoms with Crippen LogP contribution in [0.1, 0.15) is 12.5 Å². The number of nitrogens with one attached hydrogen (secondary N) is 1. The van der Waals surface area contributed by atoms with Gasteiger partial charge in [0.25, 0.3) is 0 Å². The van der Waals surface area contributed by atoms with Crippen LogP contribution in [-0.4, -0.2) is 6.54 Å². The minimum atomic E-state index is 0.725. The van der Waals surface area contributed by atoms with Crippen molar-refractivity contribution in [3.8, 4) is 11.5 Å². The van der Waals surface area contributed by atoms with E-state index in [4.69, 9.17) is 16.3 Å². The lowest BCUT2D eigenvalue weighted by atomic mass is 10.2. The Balaban J connectivity index is 2.21. The van der Waals surface area contributed by atoms with Gasteiger partial charge in [0, 0.05) is 17.1 Å². The molecule has 0 fully saturated rings. The van der Waals surface area contributed by atoms with E-state index < -0.39 is 0 Å². The zero-order valence-corrected chi connectivity index (χ0v) is 11.1. The van der Waals surface area contributed by atoms with Crippen molar-refractivity contribution in [1.82, 2.24) is 5.32 Å². The molecule has 0 aliphatic heterocycles. The van der Waals surface area contributed by atoms with E-state index in [2.05, 4.69) is 12.2 Å². The molecule has 0 heterocycles. The van der Waals surface area contributed by atoms with Gasteiger partial charge in [-0.05, 0) is 36.9 Å². The molecular weight excluding hydrogens is 246 g/mol. The zero-order chi connectivity index (χ0) is 12.8. The van der Waals surface area contributed by atoms with E-state index in [1.165, 1.54) is 0 Å². The third-order valence-electron chi connectivity index (χ3n) is 2.56. The summed E-state index contributed by atoms with van der Waals surface area (Å²) >= 11 is 6.02. The fourth-order valence-electron chi connectivity index (χ4n) is 1.66. The van der Waals surface area contributed by atoms with Gasteiger partial charge >= 0.3 is 0 Å². The molecule has 2 rings (SSSR count). The smallest absolute Gasteiger partial charge is 0.132 e. The van der Waals surface area contributed by atoms with Gasteiger partial charge in [0.1, 0.15) is 11.5 Å². The molecule has 0 amide bonds. The maximum Gasteiger partial charge on any atom is 0.132 e. The lowest BCUT2D eigenvalue weighted by Crippen LogP contribution is -2.12. The molecule has 0 unspecified atom stereocenters. The van der Waals surface area contributed by atoms with Crippen LogP contribution >= 0.6 is 11.6 Å². The van der Waals surface area contributed by atoms with E-state index >= 15 is 0 Å². The fraction of sp³-hybridized carbons (Fsp3) is 0.200. The average molecular weight is 262 g/mol. The molecular formula is C15H16ClNO. The quantitative estimate of drug-likeness (QED) is 0.869. The Labute approximate surface area is 113 Å². The van der Waals surface area contributed by atoms with Crippen LogP contribution in [0.5, 0.6) is 11.5 Å². The van der Waals surface area contributed by atoms with Crippen molar-refractivity contribution in [1.29, 1.82) is 0 Å². The molecule has 0 saturated carbocycles. The first-order valence-electron chi connectivity index (χ1n) is 6.01. The van der Waals surface area contributed by atoms with Crippen LogP contribution < -0.4 is 10.1 Å². The Morgan fingerprint density at radius 2 is 1.89 bits per heavy atom. The summed E-state index contributed by atoms with van der Waals surface area (Å²) in [7, 11) is 0. The molecule has 2 aromatic rings. The highest BCUT2D eigenvalue weighted by Gasteiger charge is 2.05. The zero-order valence-electron chi connectivity index (χ0n) is 10.3. The van der Waals surface area contributed by atoms with E-state index in [0.717, 1.165) is 35.2 Å². The number of hydrogen-bond donors (Lipinski definition) is 1. The number of ether oxygens (including phenoxy) is 1. The monoisotopic (exact) mass is 261 g/mol. The largest absolute Gasteiger partial charge is 0.457 e. The molecule has 94 valence electrons. The van der Waals surface area contributed by atoms with Crippen molar-refractivity contribution in [2.45, 2.75) is 13.5 Å². The van der Waals surface area contributed by atoms with Crippen molar-refractivity contribution in [2.24, 2.45) is 0 Å². The van der Waals surface area contributed by atoms with Crippen molar-refractivity contribution in [3.05, 3.63) is 59.1 Å². The van der Waals surface area contributed by atoms with Crippen LogP contribution in [0.4, 0.5) is 0 Å². The second-order valence-corrected chi connectivity index (χ2v) is 4.38. The summed E-state index contributed by atoms with van der Waals surface area (Å²) in [6.45, 7) is 3.73. The summed E-state index contributed by atoms with van der Waals surface area (Å²) < 4.78 is 5.86. The Morgan fingerprint density at radius 1 is 1.11 bits per heavy atom. The van der Waals surface area contributed by atoms with Crippen LogP contribution in [0.2, 0.25) is 5.02 Å². The van der Waals surface area contributed by atoms with Crippen LogP contribution in [0.15, 0.2) is 48.5 Å². The Morgan fingerprint density at radius 3 is 2.61 bits per heavy atom. The van der Waals surface area contributed by atoms with Gasteiger partial charge in [0.2, 0.25) is 0 Å². The van der Waals surface area contributed by atoms with Crippen LogP contribution in [-0.2, 0) is 6.54 Å². The average Bonchev–Trinajstić information content (AvgIpc) is 2.40. The fourth-order valence-corrected chi connectivity index (χ4v) is 1.86. The molecule has 0 bridgehead atoms. The van der Waals surface area contributed by atoms with Gasteiger partial charge in [0.15, 0.2) is 0 Å². The van der Waals surface area contributed by atoms with Gasteiger partial charge in [0.05, 0.1) is 0 Å². The van der Waals surface area contributed by atoms with Gasteiger partial charge < -0.3 is 10.1 Å². The van der Waals surface area contributed by atoms with Gasteiger partial charge in [-0.15, -0.1) is 0 Å². The van der Waals surface area contributed by atoms with Gasteiger partial charge in [-0.2, -0.15) is 0 Å². The summed E-state index contributed by atoms with van der Waals surface area (Å²) in [6, 6.07) is 15.4. The first-order chi connectivity index (χ1) is 8.79. The predicted molar refractivity (Wildman–Crippen MR) is 75.3 cm³/mol. The second kappa shape index (κ2) is 6.43. The topological polar surface area (TPSA) is 21.3 Å². The Hall–Kier alpha value is -1.51. The minimum absolute atomic E-state index is 0.725. The lowest BCUT2D eigenvalue weighted by Gasteiger charge is -2.12. The molecule has 0 radical (unpaired) electrons. The number of rotatable bonds is 5. The minimum Gasteiger partial charge on any atom is -0.457 e. The van der Waals surface area contributed by atoms with E-state index in [1.54, 1.807) is 0 Å². The van der Waals surface area contributed by atoms with Crippen molar-refractivity contribution in [2.75, 3.05) is 6.54 Å². The van der Waals surface area contributed by atoms with E-state index in [1.807, 2.05) is 48.5 Å². The molecule has 0 saturated heterocycles. The first-order valence-corrected chi connectivity index (χ1v) is 6.39. The normalized spacial score (nSPS) is 10.3. The molecule has 2 nitrogen and oxygen atoms in total. The Kier molecular flexibility index (Phi) is 4.62. The molecule has 3 heteroatoms. The summed E-state index contributed by atoms with van der Waals surface area (Å²) in [6.07, 6.45) is 0. The summed E-state index contributed by atoms with van der Waals surface area (Å²) in [4.78, 5) is 0. The molecule has 18 heavy (non-hydrogen) atoms. The molecule has 0 atom stereocenters. The number of hydrogen-bond acceptors (Lipinski definition) is 2. The summed E-state index contributed by atoms with van der Waals surface area (Å²) in [5.74, 6) is 1.67. The van der Waals surface area contributed by atoms with Crippen LogP contribution in [0.3, 0.4) is 0 Å². The third kappa shape index (κ3) is 3.49. The highest BCUT2D eigenvalue weighted by molar-refractivity contribution is 6.30. The maximum absolute atomic E-state index is 6.02. The molecule has 0 spiro atoms. The van der Waals surface area contributed by atoms with Crippen LogP contribution in [0.25, 0.3) is 0 Å². The Bertz CT molecular complexity index is 499. The van der Waals surface area contributed by atoms with Crippen molar-refractivity contribution in [3.63, 3.8) is 0 Å². The predicted octanol–water partition coefficient (Wildman–Crippen LogP) is 4.24. The van der Waals surface area contributed by atoms with Gasteiger partial charge in [-0.25, -0.2) is 0 Å².